The lowest BCUT2D eigenvalue weighted by Gasteiger charge is -1.96. The first-order valence-electron chi connectivity index (χ1n) is 5.84. The minimum Gasteiger partial charge on any atom is -0.465 e. The molecule has 0 saturated heterocycles. The molecular formula is C13H11N3O6. The van der Waals surface area contributed by atoms with Crippen molar-refractivity contribution in [3.8, 4) is 0 Å². The number of nitrogens with one attached hydrogen (secondary N) is 1. The maximum absolute atomic E-state index is 10.2. The summed E-state index contributed by atoms with van der Waals surface area (Å²) in [6, 6.07) is 13.3. The van der Waals surface area contributed by atoms with Gasteiger partial charge in [-0.15, -0.1) is 0 Å². The molecule has 0 radical (unpaired) electrons. The Hall–Kier alpha value is -3.49. The van der Waals surface area contributed by atoms with Crippen LogP contribution >= 0.6 is 0 Å². The molecule has 0 heterocycles. The molecule has 0 spiro atoms. The Morgan fingerprint density at radius 3 is 1.82 bits per heavy atom. The Kier molecular flexibility index (Phi) is 5.98. The molecule has 0 aliphatic rings. The Labute approximate surface area is 124 Å². The van der Waals surface area contributed by atoms with Crippen LogP contribution in [0.2, 0.25) is 0 Å². The van der Waals surface area contributed by atoms with Crippen LogP contribution in [-0.2, 0) is 0 Å². The maximum Gasteiger partial charge on any atom is 0.409 e. The highest BCUT2D eigenvalue weighted by Crippen LogP contribution is 2.18. The minimum atomic E-state index is -1.04. The summed E-state index contributed by atoms with van der Waals surface area (Å²) in [5, 5.41) is 30.8. The molecule has 0 aliphatic heterocycles. The molecule has 9 heteroatoms. The number of anilines is 1. The largest absolute Gasteiger partial charge is 0.465 e. The number of para-hydroxylation sites is 1. The van der Waals surface area contributed by atoms with Crippen molar-refractivity contribution in [2.75, 3.05) is 5.32 Å². The Morgan fingerprint density at radius 1 is 0.909 bits per heavy atom. The molecule has 2 aromatic rings. The molecule has 0 saturated carbocycles. The zero-order chi connectivity index (χ0) is 16.5. The van der Waals surface area contributed by atoms with Crippen LogP contribution in [0.15, 0.2) is 54.6 Å². The third kappa shape index (κ3) is 5.65. The monoisotopic (exact) mass is 305 g/mol. The fourth-order valence-corrected chi connectivity index (χ4v) is 1.37. The van der Waals surface area contributed by atoms with E-state index in [2.05, 4.69) is 5.32 Å². The zero-order valence-electron chi connectivity index (χ0n) is 11.1. The molecule has 2 aromatic carbocycles. The van der Waals surface area contributed by atoms with Gasteiger partial charge in [0.2, 0.25) is 0 Å². The number of carboxylic acid groups (broad SMARTS) is 1. The number of hydrogen-bond donors (Lipinski definition) is 2. The van der Waals surface area contributed by atoms with E-state index in [9.17, 15) is 25.0 Å². The first kappa shape index (κ1) is 16.6. The molecule has 0 fully saturated rings. The number of benzene rings is 2. The van der Waals surface area contributed by atoms with Crippen molar-refractivity contribution in [2.45, 2.75) is 0 Å². The van der Waals surface area contributed by atoms with Crippen molar-refractivity contribution >= 4 is 23.2 Å². The van der Waals surface area contributed by atoms with Gasteiger partial charge in [-0.1, -0.05) is 18.2 Å². The van der Waals surface area contributed by atoms with Crippen molar-refractivity contribution in [1.29, 1.82) is 0 Å². The summed E-state index contributed by atoms with van der Waals surface area (Å²) in [7, 11) is 0. The van der Waals surface area contributed by atoms with Gasteiger partial charge >= 0.3 is 6.09 Å². The molecule has 114 valence electrons. The van der Waals surface area contributed by atoms with E-state index in [0.29, 0.717) is 5.69 Å². The molecule has 0 unspecified atom stereocenters. The fraction of sp³-hybridized carbons (Fsp3) is 0. The molecular weight excluding hydrogens is 294 g/mol. The molecule has 2 N–H and O–H groups in total. The smallest absolute Gasteiger partial charge is 0.409 e. The van der Waals surface area contributed by atoms with Crippen LogP contribution in [-0.4, -0.2) is 21.0 Å². The molecule has 0 bridgehead atoms. The summed E-state index contributed by atoms with van der Waals surface area (Å²) in [4.78, 5) is 29.0. The van der Waals surface area contributed by atoms with Crippen LogP contribution in [0.3, 0.4) is 0 Å². The van der Waals surface area contributed by atoms with E-state index in [0.717, 1.165) is 6.07 Å². The van der Waals surface area contributed by atoms with Gasteiger partial charge in [0, 0.05) is 17.8 Å². The van der Waals surface area contributed by atoms with Crippen LogP contribution in [0.5, 0.6) is 0 Å². The second kappa shape index (κ2) is 7.94. The fourth-order valence-electron chi connectivity index (χ4n) is 1.37. The van der Waals surface area contributed by atoms with Crippen molar-refractivity contribution in [3.05, 3.63) is 74.8 Å². The number of non-ortho nitro benzene ring substituents is 2. The lowest BCUT2D eigenvalue weighted by molar-refractivity contribution is -0.394. The first-order valence-corrected chi connectivity index (χ1v) is 5.84. The van der Waals surface area contributed by atoms with E-state index >= 15 is 0 Å². The highest BCUT2D eigenvalue weighted by molar-refractivity contribution is 5.82. The van der Waals surface area contributed by atoms with Crippen molar-refractivity contribution in [2.24, 2.45) is 0 Å². The van der Waals surface area contributed by atoms with Gasteiger partial charge in [-0.2, -0.15) is 0 Å². The predicted molar refractivity (Wildman–Crippen MR) is 77.8 cm³/mol. The van der Waals surface area contributed by atoms with E-state index in [4.69, 9.17) is 5.11 Å². The highest BCUT2D eigenvalue weighted by Gasteiger charge is 2.11. The summed E-state index contributed by atoms with van der Waals surface area (Å²) in [5.74, 6) is 0. The summed E-state index contributed by atoms with van der Waals surface area (Å²) in [6.45, 7) is 0. The number of hydrogen-bond acceptors (Lipinski definition) is 5. The topological polar surface area (TPSA) is 136 Å². The molecule has 0 atom stereocenters. The SMILES string of the molecule is O=C(O)Nc1ccccc1.O=[N+]([O-])c1cccc([N+](=O)[O-])c1. The molecule has 2 rings (SSSR count). The van der Waals surface area contributed by atoms with Crippen LogP contribution < -0.4 is 5.32 Å². The Balaban J connectivity index is 0.000000224. The number of nitro benzene ring substituents is 2. The molecule has 0 aromatic heterocycles. The van der Waals surface area contributed by atoms with Crippen molar-refractivity contribution in [3.63, 3.8) is 0 Å². The quantitative estimate of drug-likeness (QED) is 0.659. The number of amides is 1. The van der Waals surface area contributed by atoms with Crippen molar-refractivity contribution in [1.82, 2.24) is 0 Å². The van der Waals surface area contributed by atoms with Crippen LogP contribution in [0, 0.1) is 20.2 Å². The van der Waals surface area contributed by atoms with Crippen LogP contribution in [0.1, 0.15) is 0 Å². The molecule has 0 aliphatic carbocycles. The normalized spacial score (nSPS) is 9.09. The van der Waals surface area contributed by atoms with Gasteiger partial charge in [0.1, 0.15) is 0 Å². The van der Waals surface area contributed by atoms with Crippen LogP contribution in [0.4, 0.5) is 21.9 Å². The van der Waals surface area contributed by atoms with Gasteiger partial charge in [-0.25, -0.2) is 4.79 Å². The maximum atomic E-state index is 10.2. The number of nitrogens with zero attached hydrogens (tertiary/aromatic N) is 2. The van der Waals surface area contributed by atoms with E-state index in [1.54, 1.807) is 24.3 Å². The van der Waals surface area contributed by atoms with E-state index < -0.39 is 15.9 Å². The van der Waals surface area contributed by atoms with Gasteiger partial charge in [0.15, 0.2) is 0 Å². The first-order chi connectivity index (χ1) is 10.4. The summed E-state index contributed by atoms with van der Waals surface area (Å²) in [6.07, 6.45) is -1.04. The predicted octanol–water partition coefficient (Wildman–Crippen LogP) is 3.28. The zero-order valence-corrected chi connectivity index (χ0v) is 11.1. The number of carbonyl (C=O) groups is 1. The summed E-state index contributed by atoms with van der Waals surface area (Å²) < 4.78 is 0. The third-order valence-corrected chi connectivity index (χ3v) is 2.28. The van der Waals surface area contributed by atoms with E-state index in [1.165, 1.54) is 18.2 Å². The van der Waals surface area contributed by atoms with Gasteiger partial charge < -0.3 is 5.11 Å². The second-order valence-electron chi connectivity index (χ2n) is 3.83. The summed E-state index contributed by atoms with van der Waals surface area (Å²) >= 11 is 0. The number of rotatable bonds is 3. The lowest BCUT2D eigenvalue weighted by atomic mass is 10.3. The molecule has 9 nitrogen and oxygen atoms in total. The van der Waals surface area contributed by atoms with Crippen LogP contribution in [0.25, 0.3) is 0 Å². The van der Waals surface area contributed by atoms with Gasteiger partial charge in [0.25, 0.3) is 11.4 Å². The number of nitro groups is 2. The average molecular weight is 305 g/mol. The standard InChI is InChI=1S/C7H7NO2.C6H4N2O4/c9-7(10)8-6-4-2-1-3-5-6;9-7(10)5-2-1-3-6(4-5)8(11)12/h1-5,8H,(H,9,10);1-4H. The van der Waals surface area contributed by atoms with Crippen molar-refractivity contribution < 1.29 is 19.7 Å². The average Bonchev–Trinajstić information content (AvgIpc) is 2.48. The lowest BCUT2D eigenvalue weighted by Crippen LogP contribution is -2.06. The Bertz CT molecular complexity index is 645. The third-order valence-electron chi connectivity index (χ3n) is 2.28. The highest BCUT2D eigenvalue weighted by atomic mass is 16.6. The molecule has 22 heavy (non-hydrogen) atoms. The molecule has 1 amide bonds. The second-order valence-corrected chi connectivity index (χ2v) is 3.83. The summed E-state index contributed by atoms with van der Waals surface area (Å²) in [5.41, 5.74) is 0.0448. The van der Waals surface area contributed by atoms with E-state index in [1.807, 2.05) is 6.07 Å². The Morgan fingerprint density at radius 2 is 1.41 bits per heavy atom. The van der Waals surface area contributed by atoms with Gasteiger partial charge in [-0.05, 0) is 18.2 Å². The van der Waals surface area contributed by atoms with E-state index in [-0.39, 0.29) is 11.4 Å². The van der Waals surface area contributed by atoms with Gasteiger partial charge in [-0.3, -0.25) is 25.5 Å². The minimum absolute atomic E-state index is 0.274. The van der Waals surface area contributed by atoms with Gasteiger partial charge in [0.05, 0.1) is 15.9 Å².